The van der Waals surface area contributed by atoms with Crippen LogP contribution >= 0.6 is 11.8 Å². The van der Waals surface area contributed by atoms with E-state index in [0.717, 1.165) is 4.90 Å². The fraction of sp³-hybridized carbons (Fsp3) is 0.333. The first kappa shape index (κ1) is 22.2. The summed E-state index contributed by atoms with van der Waals surface area (Å²) in [5, 5.41) is 5.27. The number of sulfone groups is 1. The van der Waals surface area contributed by atoms with Gasteiger partial charge in [-0.25, -0.2) is 8.42 Å². The zero-order chi connectivity index (χ0) is 21.7. The molecular formula is C21H24N2O5S2. The maximum atomic E-state index is 12.8. The number of anilines is 2. The SMILES string of the molecule is CCOc1ccccc1NC(=O)CCS(=O)(=O)c1ccc2c(c1)SC(CC)C(=O)N2. The van der Waals surface area contributed by atoms with Gasteiger partial charge in [-0.3, -0.25) is 9.59 Å². The van der Waals surface area contributed by atoms with Crippen LogP contribution in [0.25, 0.3) is 0 Å². The van der Waals surface area contributed by atoms with Gasteiger partial charge < -0.3 is 15.4 Å². The predicted octanol–water partition coefficient (Wildman–Crippen LogP) is 3.71. The molecule has 1 unspecified atom stereocenters. The molecule has 1 heterocycles. The Balaban J connectivity index is 1.67. The highest BCUT2D eigenvalue weighted by atomic mass is 32.2. The Morgan fingerprint density at radius 3 is 2.70 bits per heavy atom. The van der Waals surface area contributed by atoms with Crippen LogP contribution in [0.2, 0.25) is 0 Å². The molecule has 160 valence electrons. The van der Waals surface area contributed by atoms with Gasteiger partial charge in [0.15, 0.2) is 9.84 Å². The number of hydrogen-bond acceptors (Lipinski definition) is 6. The Bertz CT molecular complexity index is 1050. The fourth-order valence-electron chi connectivity index (χ4n) is 2.99. The summed E-state index contributed by atoms with van der Waals surface area (Å²) >= 11 is 1.36. The van der Waals surface area contributed by atoms with Gasteiger partial charge in [0.25, 0.3) is 0 Å². The van der Waals surface area contributed by atoms with Crippen molar-refractivity contribution < 1.29 is 22.7 Å². The Morgan fingerprint density at radius 2 is 1.97 bits per heavy atom. The lowest BCUT2D eigenvalue weighted by molar-refractivity contribution is -0.116. The van der Waals surface area contributed by atoms with Crippen LogP contribution in [0.3, 0.4) is 0 Å². The van der Waals surface area contributed by atoms with Gasteiger partial charge >= 0.3 is 0 Å². The number of benzene rings is 2. The predicted molar refractivity (Wildman–Crippen MR) is 118 cm³/mol. The molecule has 0 saturated heterocycles. The van der Waals surface area contributed by atoms with E-state index in [2.05, 4.69) is 10.6 Å². The fourth-order valence-corrected chi connectivity index (χ4v) is 5.41. The van der Waals surface area contributed by atoms with Gasteiger partial charge in [-0.1, -0.05) is 19.1 Å². The van der Waals surface area contributed by atoms with E-state index in [1.54, 1.807) is 36.4 Å². The van der Waals surface area contributed by atoms with Gasteiger partial charge in [0.1, 0.15) is 5.75 Å². The lowest BCUT2D eigenvalue weighted by Crippen LogP contribution is -2.28. The monoisotopic (exact) mass is 448 g/mol. The van der Waals surface area contributed by atoms with E-state index in [9.17, 15) is 18.0 Å². The number of para-hydroxylation sites is 2. The second-order valence-electron chi connectivity index (χ2n) is 6.71. The summed E-state index contributed by atoms with van der Waals surface area (Å²) in [6, 6.07) is 11.6. The minimum atomic E-state index is -3.66. The lowest BCUT2D eigenvalue weighted by Gasteiger charge is -2.23. The van der Waals surface area contributed by atoms with Crippen LogP contribution in [-0.2, 0) is 19.4 Å². The van der Waals surface area contributed by atoms with E-state index < -0.39 is 15.7 Å². The van der Waals surface area contributed by atoms with Gasteiger partial charge in [-0.2, -0.15) is 0 Å². The first-order valence-electron chi connectivity index (χ1n) is 9.70. The van der Waals surface area contributed by atoms with Crippen LogP contribution in [0.5, 0.6) is 5.75 Å². The van der Waals surface area contributed by atoms with E-state index >= 15 is 0 Å². The molecule has 1 aliphatic heterocycles. The molecule has 9 heteroatoms. The molecule has 3 rings (SSSR count). The minimum Gasteiger partial charge on any atom is -0.492 e. The number of thioether (sulfide) groups is 1. The molecule has 0 aliphatic carbocycles. The van der Waals surface area contributed by atoms with Crippen LogP contribution in [0.4, 0.5) is 11.4 Å². The normalized spacial score (nSPS) is 15.8. The third kappa shape index (κ3) is 5.14. The van der Waals surface area contributed by atoms with Gasteiger partial charge in [0.2, 0.25) is 11.8 Å². The number of ether oxygens (including phenoxy) is 1. The van der Waals surface area contributed by atoms with Crippen molar-refractivity contribution in [1.82, 2.24) is 0 Å². The number of amides is 2. The van der Waals surface area contributed by atoms with Crippen LogP contribution < -0.4 is 15.4 Å². The molecular weight excluding hydrogens is 424 g/mol. The van der Waals surface area contributed by atoms with Crippen molar-refractivity contribution in [2.75, 3.05) is 23.0 Å². The molecule has 2 aromatic carbocycles. The van der Waals surface area contributed by atoms with Crippen molar-refractivity contribution in [1.29, 1.82) is 0 Å². The number of fused-ring (bicyclic) bond motifs is 1. The van der Waals surface area contributed by atoms with Gasteiger partial charge in [-0.15, -0.1) is 11.8 Å². The zero-order valence-corrected chi connectivity index (χ0v) is 18.4. The van der Waals surface area contributed by atoms with Crippen molar-refractivity contribution in [2.45, 2.75) is 41.7 Å². The Hall–Kier alpha value is -2.52. The second-order valence-corrected chi connectivity index (χ2v) is 10.1. The third-order valence-electron chi connectivity index (χ3n) is 4.56. The van der Waals surface area contributed by atoms with Crippen LogP contribution in [0, 0.1) is 0 Å². The maximum Gasteiger partial charge on any atom is 0.237 e. The molecule has 7 nitrogen and oxygen atoms in total. The van der Waals surface area contributed by atoms with Crippen molar-refractivity contribution in [3.05, 3.63) is 42.5 Å². The standard InChI is InChI=1S/C21H24N2O5S2/c1-3-18-21(25)23-16-10-9-14(13-19(16)29-18)30(26,27)12-11-20(24)22-15-7-5-6-8-17(15)28-4-2/h5-10,13,18H,3-4,11-12H2,1-2H3,(H,22,24)(H,23,25). The average Bonchev–Trinajstić information content (AvgIpc) is 2.73. The van der Waals surface area contributed by atoms with E-state index in [4.69, 9.17) is 4.74 Å². The third-order valence-corrected chi connectivity index (χ3v) is 7.70. The zero-order valence-electron chi connectivity index (χ0n) is 16.8. The largest absolute Gasteiger partial charge is 0.492 e. The number of carbonyl (C=O) groups is 2. The first-order valence-corrected chi connectivity index (χ1v) is 12.2. The summed E-state index contributed by atoms with van der Waals surface area (Å²) in [6.45, 7) is 4.21. The minimum absolute atomic E-state index is 0.0744. The number of carbonyl (C=O) groups excluding carboxylic acids is 2. The quantitative estimate of drug-likeness (QED) is 0.638. The second kappa shape index (κ2) is 9.53. The Labute approximate surface area is 180 Å². The molecule has 2 aromatic rings. The summed E-state index contributed by atoms with van der Waals surface area (Å²) in [5.41, 5.74) is 1.12. The molecule has 0 saturated carbocycles. The molecule has 2 N–H and O–H groups in total. The molecule has 1 atom stereocenters. The summed E-state index contributed by atoms with van der Waals surface area (Å²) in [7, 11) is -3.66. The van der Waals surface area contributed by atoms with Crippen molar-refractivity contribution in [3.63, 3.8) is 0 Å². The van der Waals surface area contributed by atoms with E-state index in [0.29, 0.717) is 30.2 Å². The smallest absolute Gasteiger partial charge is 0.237 e. The van der Waals surface area contributed by atoms with Crippen LogP contribution in [-0.4, -0.2) is 37.8 Å². The van der Waals surface area contributed by atoms with Crippen molar-refractivity contribution >= 4 is 44.8 Å². The number of hydrogen-bond donors (Lipinski definition) is 2. The highest BCUT2D eigenvalue weighted by Crippen LogP contribution is 2.38. The van der Waals surface area contributed by atoms with Gasteiger partial charge in [-0.05, 0) is 43.7 Å². The van der Waals surface area contributed by atoms with Crippen molar-refractivity contribution in [2.24, 2.45) is 0 Å². The van der Waals surface area contributed by atoms with Gasteiger partial charge in [0.05, 0.1) is 33.9 Å². The molecule has 0 bridgehead atoms. The Morgan fingerprint density at radius 1 is 1.20 bits per heavy atom. The molecule has 0 fully saturated rings. The number of nitrogens with one attached hydrogen (secondary N) is 2. The van der Waals surface area contributed by atoms with E-state index in [1.165, 1.54) is 17.8 Å². The molecule has 0 aromatic heterocycles. The lowest BCUT2D eigenvalue weighted by atomic mass is 10.2. The molecule has 0 radical (unpaired) electrons. The molecule has 30 heavy (non-hydrogen) atoms. The first-order chi connectivity index (χ1) is 14.3. The summed E-state index contributed by atoms with van der Waals surface area (Å²) in [5.74, 6) is -0.260. The highest BCUT2D eigenvalue weighted by Gasteiger charge is 2.27. The molecule has 1 aliphatic rings. The highest BCUT2D eigenvalue weighted by molar-refractivity contribution is 8.01. The molecule has 2 amide bonds. The van der Waals surface area contributed by atoms with E-state index in [-0.39, 0.29) is 28.2 Å². The maximum absolute atomic E-state index is 12.8. The van der Waals surface area contributed by atoms with Crippen LogP contribution in [0.15, 0.2) is 52.3 Å². The molecule has 0 spiro atoms. The number of rotatable bonds is 8. The summed E-state index contributed by atoms with van der Waals surface area (Å²) in [6.07, 6.45) is 0.470. The van der Waals surface area contributed by atoms with E-state index in [1.807, 2.05) is 13.8 Å². The van der Waals surface area contributed by atoms with Gasteiger partial charge in [0, 0.05) is 11.3 Å². The summed E-state index contributed by atoms with van der Waals surface area (Å²) < 4.78 is 31.0. The Kier molecular flexibility index (Phi) is 7.04. The van der Waals surface area contributed by atoms with Crippen LogP contribution in [0.1, 0.15) is 26.7 Å². The van der Waals surface area contributed by atoms with Crippen molar-refractivity contribution in [3.8, 4) is 5.75 Å². The topological polar surface area (TPSA) is 102 Å². The average molecular weight is 449 g/mol. The summed E-state index contributed by atoms with van der Waals surface area (Å²) in [4.78, 5) is 25.1.